The fourth-order valence-corrected chi connectivity index (χ4v) is 4.88. The highest BCUT2D eigenvalue weighted by atomic mass is 16.2. The van der Waals surface area contributed by atoms with Crippen molar-refractivity contribution in [2.75, 3.05) is 63.6 Å². The van der Waals surface area contributed by atoms with Crippen molar-refractivity contribution in [1.82, 2.24) is 15.1 Å². The highest BCUT2D eigenvalue weighted by molar-refractivity contribution is 6.39. The summed E-state index contributed by atoms with van der Waals surface area (Å²) in [4.78, 5) is 32.3. The van der Waals surface area contributed by atoms with Gasteiger partial charge in [0, 0.05) is 57.7 Å². The highest BCUT2D eigenvalue weighted by Gasteiger charge is 2.27. The SMILES string of the molecule is Cc1ccc(NC(=O)C(=O)NCC(c2ccc3c(c2)CCCN3C)N2CCN(C)CC2)cc1C. The van der Waals surface area contributed by atoms with Gasteiger partial charge in [0.05, 0.1) is 6.04 Å². The quantitative estimate of drug-likeness (QED) is 0.668. The summed E-state index contributed by atoms with van der Waals surface area (Å²) in [5, 5.41) is 5.64. The predicted octanol–water partition coefficient (Wildman–Crippen LogP) is 2.73. The Hall–Kier alpha value is -2.90. The molecule has 0 saturated carbocycles. The van der Waals surface area contributed by atoms with Crippen molar-refractivity contribution in [3.05, 3.63) is 58.7 Å². The number of fused-ring (bicyclic) bond motifs is 1. The number of rotatable bonds is 5. The van der Waals surface area contributed by atoms with Crippen LogP contribution >= 0.6 is 0 Å². The summed E-state index contributed by atoms with van der Waals surface area (Å²) in [5.41, 5.74) is 6.72. The zero-order chi connectivity index (χ0) is 24.2. The summed E-state index contributed by atoms with van der Waals surface area (Å²) in [7, 11) is 4.28. The van der Waals surface area contributed by atoms with E-state index < -0.39 is 11.8 Å². The molecule has 2 amide bonds. The van der Waals surface area contributed by atoms with E-state index in [0.717, 1.165) is 56.7 Å². The van der Waals surface area contributed by atoms with Gasteiger partial charge in [-0.2, -0.15) is 0 Å². The first-order chi connectivity index (χ1) is 16.3. The van der Waals surface area contributed by atoms with E-state index in [2.05, 4.69) is 57.6 Å². The van der Waals surface area contributed by atoms with Gasteiger partial charge < -0.3 is 20.4 Å². The number of likely N-dealkylation sites (N-methyl/N-ethyl adjacent to an activating group) is 1. The summed E-state index contributed by atoms with van der Waals surface area (Å²) >= 11 is 0. The van der Waals surface area contributed by atoms with Crippen LogP contribution in [0.1, 0.15) is 34.7 Å². The minimum absolute atomic E-state index is 0.0320. The van der Waals surface area contributed by atoms with Gasteiger partial charge in [0.2, 0.25) is 0 Å². The largest absolute Gasteiger partial charge is 0.374 e. The minimum Gasteiger partial charge on any atom is -0.374 e. The standard InChI is InChI=1S/C27H37N5O2/c1-19-7-9-23(16-20(19)2)29-27(34)26(33)28-18-25(32-14-12-30(3)13-15-32)22-8-10-24-21(17-22)6-5-11-31(24)4/h7-10,16-17,25H,5-6,11-15,18H2,1-4H3,(H,28,33)(H,29,34). The normalized spacial score (nSPS) is 17.7. The van der Waals surface area contributed by atoms with Crippen molar-refractivity contribution in [2.24, 2.45) is 0 Å². The van der Waals surface area contributed by atoms with Gasteiger partial charge in [0.1, 0.15) is 0 Å². The Kier molecular flexibility index (Phi) is 7.54. The molecule has 4 rings (SSSR count). The molecule has 1 atom stereocenters. The summed E-state index contributed by atoms with van der Waals surface area (Å²) < 4.78 is 0. The third-order valence-corrected chi connectivity index (χ3v) is 7.24. The first kappa shape index (κ1) is 24.2. The van der Waals surface area contributed by atoms with Crippen LogP contribution in [0.2, 0.25) is 0 Å². The average Bonchev–Trinajstić information content (AvgIpc) is 2.82. The number of nitrogens with zero attached hydrogens (tertiary/aromatic N) is 3. The number of carbonyl (C=O) groups is 2. The van der Waals surface area contributed by atoms with Crippen molar-refractivity contribution in [2.45, 2.75) is 32.7 Å². The number of anilines is 2. The van der Waals surface area contributed by atoms with Crippen LogP contribution in [-0.2, 0) is 16.0 Å². The molecule has 0 radical (unpaired) electrons. The Balaban J connectivity index is 1.47. The fourth-order valence-electron chi connectivity index (χ4n) is 4.88. The first-order valence-electron chi connectivity index (χ1n) is 12.2. The lowest BCUT2D eigenvalue weighted by Crippen LogP contribution is -2.49. The number of nitrogens with one attached hydrogen (secondary N) is 2. The summed E-state index contributed by atoms with van der Waals surface area (Å²) in [6.07, 6.45) is 2.23. The maximum Gasteiger partial charge on any atom is 0.313 e. The average molecular weight is 464 g/mol. The predicted molar refractivity (Wildman–Crippen MR) is 137 cm³/mol. The van der Waals surface area contributed by atoms with Crippen LogP contribution in [-0.4, -0.2) is 75.0 Å². The molecule has 2 N–H and O–H groups in total. The van der Waals surface area contributed by atoms with E-state index in [0.29, 0.717) is 12.2 Å². The van der Waals surface area contributed by atoms with Crippen LogP contribution in [0, 0.1) is 13.8 Å². The molecule has 2 aliphatic rings. The molecule has 1 saturated heterocycles. The lowest BCUT2D eigenvalue weighted by atomic mass is 9.95. The Bertz CT molecular complexity index is 1050. The molecule has 1 fully saturated rings. The third kappa shape index (κ3) is 5.59. The van der Waals surface area contributed by atoms with Crippen molar-refractivity contribution in [3.8, 4) is 0 Å². The second-order valence-electron chi connectivity index (χ2n) is 9.73. The second-order valence-corrected chi connectivity index (χ2v) is 9.73. The van der Waals surface area contributed by atoms with Gasteiger partial charge in [-0.25, -0.2) is 0 Å². The maximum absolute atomic E-state index is 12.7. The van der Waals surface area contributed by atoms with Gasteiger partial charge in [-0.05, 0) is 74.2 Å². The highest BCUT2D eigenvalue weighted by Crippen LogP contribution is 2.31. The van der Waals surface area contributed by atoms with E-state index in [1.807, 2.05) is 32.0 Å². The maximum atomic E-state index is 12.7. The molecule has 7 heteroatoms. The van der Waals surface area contributed by atoms with Crippen LogP contribution in [0.3, 0.4) is 0 Å². The van der Waals surface area contributed by atoms with Gasteiger partial charge in [-0.3, -0.25) is 14.5 Å². The molecular weight excluding hydrogens is 426 g/mol. The molecule has 2 aromatic carbocycles. The van der Waals surface area contributed by atoms with Gasteiger partial charge in [0.15, 0.2) is 0 Å². The van der Waals surface area contributed by atoms with Crippen molar-refractivity contribution < 1.29 is 9.59 Å². The van der Waals surface area contributed by atoms with Crippen molar-refractivity contribution in [1.29, 1.82) is 0 Å². The van der Waals surface area contributed by atoms with Gasteiger partial charge >= 0.3 is 11.8 Å². The molecule has 2 heterocycles. The number of carbonyl (C=O) groups excluding carboxylic acids is 2. The van der Waals surface area contributed by atoms with Gasteiger partial charge in [-0.15, -0.1) is 0 Å². The third-order valence-electron chi connectivity index (χ3n) is 7.24. The number of hydrogen-bond acceptors (Lipinski definition) is 5. The minimum atomic E-state index is -0.632. The Morgan fingerprint density at radius 1 is 0.912 bits per heavy atom. The molecule has 0 spiro atoms. The van der Waals surface area contributed by atoms with E-state index in [9.17, 15) is 9.59 Å². The molecule has 2 aromatic rings. The Labute approximate surface area is 203 Å². The van der Waals surface area contributed by atoms with E-state index in [1.165, 1.54) is 16.8 Å². The first-order valence-corrected chi connectivity index (χ1v) is 12.2. The molecule has 1 unspecified atom stereocenters. The fraction of sp³-hybridized carbons (Fsp3) is 0.481. The lowest BCUT2D eigenvalue weighted by molar-refractivity contribution is -0.136. The number of piperazine rings is 1. The van der Waals surface area contributed by atoms with Crippen LogP contribution in [0.4, 0.5) is 11.4 Å². The van der Waals surface area contributed by atoms with Crippen LogP contribution in [0.5, 0.6) is 0 Å². The van der Waals surface area contributed by atoms with Crippen LogP contribution in [0.25, 0.3) is 0 Å². The number of hydrogen-bond donors (Lipinski definition) is 2. The molecule has 0 aromatic heterocycles. The molecule has 182 valence electrons. The molecule has 7 nitrogen and oxygen atoms in total. The smallest absolute Gasteiger partial charge is 0.313 e. The zero-order valence-corrected chi connectivity index (χ0v) is 20.9. The monoisotopic (exact) mass is 463 g/mol. The summed E-state index contributed by atoms with van der Waals surface area (Å²) in [6.45, 7) is 9.34. The Morgan fingerprint density at radius 2 is 1.68 bits per heavy atom. The Morgan fingerprint density at radius 3 is 2.41 bits per heavy atom. The lowest BCUT2D eigenvalue weighted by Gasteiger charge is -2.39. The number of benzene rings is 2. The van der Waals surface area contributed by atoms with E-state index in [-0.39, 0.29) is 6.04 Å². The number of aryl methyl sites for hydroxylation is 3. The number of amides is 2. The van der Waals surface area contributed by atoms with Crippen LogP contribution < -0.4 is 15.5 Å². The summed E-state index contributed by atoms with van der Waals surface area (Å²) in [5.74, 6) is -1.23. The van der Waals surface area contributed by atoms with E-state index in [4.69, 9.17) is 0 Å². The molecule has 0 aliphatic carbocycles. The molecule has 34 heavy (non-hydrogen) atoms. The van der Waals surface area contributed by atoms with E-state index in [1.54, 1.807) is 0 Å². The topological polar surface area (TPSA) is 67.9 Å². The van der Waals surface area contributed by atoms with Crippen LogP contribution in [0.15, 0.2) is 36.4 Å². The zero-order valence-electron chi connectivity index (χ0n) is 20.9. The van der Waals surface area contributed by atoms with Crippen molar-refractivity contribution >= 4 is 23.2 Å². The van der Waals surface area contributed by atoms with Crippen molar-refractivity contribution in [3.63, 3.8) is 0 Å². The molecule has 0 bridgehead atoms. The second kappa shape index (κ2) is 10.6. The molecular formula is C27H37N5O2. The summed E-state index contributed by atoms with van der Waals surface area (Å²) in [6, 6.07) is 12.4. The van der Waals surface area contributed by atoms with E-state index >= 15 is 0 Å². The van der Waals surface area contributed by atoms with Gasteiger partial charge in [0.25, 0.3) is 0 Å². The molecule has 2 aliphatic heterocycles. The van der Waals surface area contributed by atoms with Gasteiger partial charge in [-0.1, -0.05) is 18.2 Å².